The third kappa shape index (κ3) is 4.27. The van der Waals surface area contributed by atoms with Gasteiger partial charge >= 0.3 is 6.03 Å². The fraction of sp³-hybridized carbons (Fsp3) is 0.294. The van der Waals surface area contributed by atoms with Crippen molar-refractivity contribution in [3.63, 3.8) is 0 Å². The van der Waals surface area contributed by atoms with Crippen molar-refractivity contribution in [2.45, 2.75) is 32.4 Å². The van der Waals surface area contributed by atoms with Crippen molar-refractivity contribution < 1.29 is 9.59 Å². The molecule has 0 aliphatic heterocycles. The fourth-order valence-electron chi connectivity index (χ4n) is 2.19. The van der Waals surface area contributed by atoms with Gasteiger partial charge in [0.1, 0.15) is 0 Å². The predicted molar refractivity (Wildman–Crippen MR) is 96.9 cm³/mol. The van der Waals surface area contributed by atoms with Crippen molar-refractivity contribution in [1.29, 1.82) is 0 Å². The third-order valence-electron chi connectivity index (χ3n) is 3.76. The first kappa shape index (κ1) is 16.8. The van der Waals surface area contributed by atoms with Gasteiger partial charge < -0.3 is 16.0 Å². The molecule has 126 valence electrons. The lowest BCUT2D eigenvalue weighted by atomic mass is 10.2. The zero-order chi connectivity index (χ0) is 17.1. The summed E-state index contributed by atoms with van der Waals surface area (Å²) in [6.45, 7) is 2.48. The highest BCUT2D eigenvalue weighted by Gasteiger charge is 2.24. The second-order valence-corrected chi connectivity index (χ2v) is 7.18. The van der Waals surface area contributed by atoms with Gasteiger partial charge in [-0.3, -0.25) is 4.79 Å². The standard InChI is InChI=1S/C17H18ClN3O2S/c1-10-6-7-24-15(10)9-19-17(23)21-12-4-5-14(18)13(8-12)16(22)20-11-2-3-11/h4-8,11H,2-3,9H2,1H3,(H,20,22)(H2,19,21,23). The Labute approximate surface area is 149 Å². The van der Waals surface area contributed by atoms with Crippen LogP contribution in [0.5, 0.6) is 0 Å². The Morgan fingerprint density at radius 1 is 1.29 bits per heavy atom. The molecule has 7 heteroatoms. The average molecular weight is 364 g/mol. The number of anilines is 1. The van der Waals surface area contributed by atoms with Crippen molar-refractivity contribution in [2.75, 3.05) is 5.32 Å². The van der Waals surface area contributed by atoms with E-state index in [-0.39, 0.29) is 18.0 Å². The molecular formula is C17H18ClN3O2S. The first-order valence-electron chi connectivity index (χ1n) is 7.71. The number of nitrogens with one attached hydrogen (secondary N) is 3. The van der Waals surface area contributed by atoms with Gasteiger partial charge in [-0.1, -0.05) is 11.6 Å². The molecule has 3 rings (SSSR count). The van der Waals surface area contributed by atoms with Crippen molar-refractivity contribution in [3.05, 3.63) is 50.7 Å². The van der Waals surface area contributed by atoms with E-state index in [1.54, 1.807) is 29.5 Å². The summed E-state index contributed by atoms with van der Waals surface area (Å²) >= 11 is 7.69. The Morgan fingerprint density at radius 3 is 2.75 bits per heavy atom. The topological polar surface area (TPSA) is 70.2 Å². The summed E-state index contributed by atoms with van der Waals surface area (Å²) in [6, 6.07) is 6.83. The van der Waals surface area contributed by atoms with Gasteiger partial charge in [0.05, 0.1) is 17.1 Å². The van der Waals surface area contributed by atoms with Gasteiger partial charge in [-0.25, -0.2) is 4.79 Å². The SMILES string of the molecule is Cc1ccsc1CNC(=O)Nc1ccc(Cl)c(C(=O)NC2CC2)c1. The average Bonchev–Trinajstić information content (AvgIpc) is 3.27. The Morgan fingerprint density at radius 2 is 2.08 bits per heavy atom. The van der Waals surface area contributed by atoms with Crippen LogP contribution < -0.4 is 16.0 Å². The van der Waals surface area contributed by atoms with E-state index in [0.717, 1.165) is 23.3 Å². The lowest BCUT2D eigenvalue weighted by Crippen LogP contribution is -2.29. The number of amides is 3. The minimum atomic E-state index is -0.321. The summed E-state index contributed by atoms with van der Waals surface area (Å²) < 4.78 is 0. The van der Waals surface area contributed by atoms with E-state index >= 15 is 0 Å². The molecule has 0 unspecified atom stereocenters. The molecule has 0 spiro atoms. The van der Waals surface area contributed by atoms with E-state index in [9.17, 15) is 9.59 Å². The van der Waals surface area contributed by atoms with Crippen molar-refractivity contribution in [1.82, 2.24) is 10.6 Å². The molecule has 2 aromatic rings. The second-order valence-electron chi connectivity index (χ2n) is 5.78. The molecule has 0 radical (unpaired) electrons. The fourth-order valence-corrected chi connectivity index (χ4v) is 3.24. The van der Waals surface area contributed by atoms with Gasteiger partial charge in [-0.05, 0) is 55.0 Å². The van der Waals surface area contributed by atoms with Gasteiger partial charge in [-0.15, -0.1) is 11.3 Å². The normalized spacial score (nSPS) is 13.4. The lowest BCUT2D eigenvalue weighted by molar-refractivity contribution is 0.0951. The van der Waals surface area contributed by atoms with Crippen LogP contribution in [0.4, 0.5) is 10.5 Å². The molecule has 0 atom stereocenters. The van der Waals surface area contributed by atoms with Crippen LogP contribution in [0.1, 0.15) is 33.6 Å². The maximum atomic E-state index is 12.2. The highest BCUT2D eigenvalue weighted by atomic mass is 35.5. The number of halogens is 1. The van der Waals surface area contributed by atoms with Gasteiger partial charge in [0.2, 0.25) is 0 Å². The minimum absolute atomic E-state index is 0.208. The van der Waals surface area contributed by atoms with E-state index in [4.69, 9.17) is 11.6 Å². The summed E-state index contributed by atoms with van der Waals surface area (Å²) in [4.78, 5) is 25.3. The van der Waals surface area contributed by atoms with Crippen LogP contribution in [0, 0.1) is 6.92 Å². The molecule has 1 aliphatic carbocycles. The van der Waals surface area contributed by atoms with E-state index in [1.165, 1.54) is 0 Å². The third-order valence-corrected chi connectivity index (χ3v) is 5.11. The van der Waals surface area contributed by atoms with Gasteiger partial charge in [0.15, 0.2) is 0 Å². The molecule has 1 saturated carbocycles. The number of thiophene rings is 1. The summed E-state index contributed by atoms with van der Waals surface area (Å²) in [7, 11) is 0. The Balaban J connectivity index is 1.60. The van der Waals surface area contributed by atoms with Crippen LogP contribution in [0.15, 0.2) is 29.6 Å². The molecule has 1 heterocycles. The predicted octanol–water partition coefficient (Wildman–Crippen LogP) is 3.92. The monoisotopic (exact) mass is 363 g/mol. The molecule has 24 heavy (non-hydrogen) atoms. The zero-order valence-electron chi connectivity index (χ0n) is 13.2. The lowest BCUT2D eigenvalue weighted by Gasteiger charge is -2.10. The molecule has 1 aromatic heterocycles. The quantitative estimate of drug-likeness (QED) is 0.753. The molecule has 3 N–H and O–H groups in total. The summed E-state index contributed by atoms with van der Waals surface area (Å²) in [5.74, 6) is -0.208. The van der Waals surface area contributed by atoms with Crippen LogP contribution in [-0.2, 0) is 6.54 Å². The first-order chi connectivity index (χ1) is 11.5. The van der Waals surface area contributed by atoms with Crippen LogP contribution in [0.2, 0.25) is 5.02 Å². The van der Waals surface area contributed by atoms with E-state index in [0.29, 0.717) is 22.8 Å². The largest absolute Gasteiger partial charge is 0.349 e. The number of hydrogen-bond acceptors (Lipinski definition) is 3. The first-order valence-corrected chi connectivity index (χ1v) is 8.97. The second kappa shape index (κ2) is 7.23. The maximum Gasteiger partial charge on any atom is 0.319 e. The molecule has 5 nitrogen and oxygen atoms in total. The number of hydrogen-bond donors (Lipinski definition) is 3. The van der Waals surface area contributed by atoms with Crippen molar-refractivity contribution in [2.24, 2.45) is 0 Å². The number of carbonyl (C=O) groups is 2. The number of rotatable bonds is 5. The number of carbonyl (C=O) groups excluding carboxylic acids is 2. The molecule has 0 bridgehead atoms. The van der Waals surface area contributed by atoms with Gasteiger partial charge in [0, 0.05) is 16.6 Å². The molecular weight excluding hydrogens is 346 g/mol. The Kier molecular flexibility index (Phi) is 5.06. The highest BCUT2D eigenvalue weighted by Crippen LogP contribution is 2.24. The summed E-state index contributed by atoms with van der Waals surface area (Å²) in [5.41, 5.74) is 2.06. The number of benzene rings is 1. The van der Waals surface area contributed by atoms with Gasteiger partial charge in [0.25, 0.3) is 5.91 Å². The number of urea groups is 1. The molecule has 0 saturated heterocycles. The number of aryl methyl sites for hydroxylation is 1. The highest BCUT2D eigenvalue weighted by molar-refractivity contribution is 7.10. The van der Waals surface area contributed by atoms with E-state index < -0.39 is 0 Å². The van der Waals surface area contributed by atoms with Gasteiger partial charge in [-0.2, -0.15) is 0 Å². The van der Waals surface area contributed by atoms with Crippen molar-refractivity contribution >= 4 is 40.6 Å². The summed E-state index contributed by atoms with van der Waals surface area (Å²) in [6.07, 6.45) is 2.01. The van der Waals surface area contributed by atoms with Crippen LogP contribution in [0.3, 0.4) is 0 Å². The molecule has 1 aliphatic rings. The smallest absolute Gasteiger partial charge is 0.319 e. The van der Waals surface area contributed by atoms with Crippen LogP contribution >= 0.6 is 22.9 Å². The molecule has 3 amide bonds. The molecule has 1 aromatic carbocycles. The maximum absolute atomic E-state index is 12.2. The minimum Gasteiger partial charge on any atom is -0.349 e. The van der Waals surface area contributed by atoms with Crippen molar-refractivity contribution in [3.8, 4) is 0 Å². The van der Waals surface area contributed by atoms with Crippen LogP contribution in [0.25, 0.3) is 0 Å². The van der Waals surface area contributed by atoms with E-state index in [2.05, 4.69) is 16.0 Å². The summed E-state index contributed by atoms with van der Waals surface area (Å²) in [5, 5.41) is 10.8. The molecule has 1 fully saturated rings. The Hall–Kier alpha value is -2.05. The Bertz CT molecular complexity index is 771. The zero-order valence-corrected chi connectivity index (χ0v) is 14.8. The van der Waals surface area contributed by atoms with E-state index in [1.807, 2.05) is 18.4 Å². The van der Waals surface area contributed by atoms with Crippen LogP contribution in [-0.4, -0.2) is 18.0 Å².